The van der Waals surface area contributed by atoms with Gasteiger partial charge in [-0.1, -0.05) is 19.8 Å². The highest BCUT2D eigenvalue weighted by Crippen LogP contribution is 2.38. The van der Waals surface area contributed by atoms with E-state index in [2.05, 4.69) is 5.32 Å². The highest BCUT2D eigenvalue weighted by molar-refractivity contribution is 7.89. The number of rotatable bonds is 6. The van der Waals surface area contributed by atoms with Gasteiger partial charge in [0.25, 0.3) is 5.91 Å². The second-order valence-electron chi connectivity index (χ2n) is 9.13. The first kappa shape index (κ1) is 24.5. The molecule has 10 nitrogen and oxygen atoms in total. The summed E-state index contributed by atoms with van der Waals surface area (Å²) < 4.78 is 32.7. The molecule has 2 unspecified atom stereocenters. The van der Waals surface area contributed by atoms with Crippen LogP contribution in [0, 0.1) is 5.92 Å². The molecule has 1 N–H and O–H groups in total. The van der Waals surface area contributed by atoms with Crippen LogP contribution < -0.4 is 10.1 Å². The van der Waals surface area contributed by atoms with Gasteiger partial charge in [-0.25, -0.2) is 13.2 Å². The third kappa shape index (κ3) is 4.38. The average Bonchev–Trinajstić information content (AvgIpc) is 3.06. The minimum atomic E-state index is -3.70. The summed E-state index contributed by atoms with van der Waals surface area (Å²) in [5, 5.41) is 2.85. The lowest BCUT2D eigenvalue weighted by Gasteiger charge is -2.37. The first-order valence-corrected chi connectivity index (χ1v) is 13.3. The van der Waals surface area contributed by atoms with E-state index in [0.29, 0.717) is 18.8 Å². The monoisotopic (exact) mass is 492 g/mol. The number of amides is 4. The first-order valence-electron chi connectivity index (χ1n) is 11.8. The number of imide groups is 1. The van der Waals surface area contributed by atoms with Crippen LogP contribution in [0.25, 0.3) is 0 Å². The molecule has 0 bridgehead atoms. The van der Waals surface area contributed by atoms with Gasteiger partial charge in [0.1, 0.15) is 17.8 Å². The largest absolute Gasteiger partial charge is 0.494 e. The summed E-state index contributed by atoms with van der Waals surface area (Å²) in [6.07, 6.45) is 3.34. The fourth-order valence-electron chi connectivity index (χ4n) is 5.08. The van der Waals surface area contributed by atoms with Crippen molar-refractivity contribution in [3.8, 4) is 5.75 Å². The quantitative estimate of drug-likeness (QED) is 0.601. The van der Waals surface area contributed by atoms with Gasteiger partial charge in [-0.05, 0) is 49.9 Å². The van der Waals surface area contributed by atoms with Gasteiger partial charge in [0.2, 0.25) is 15.9 Å². The molecule has 2 saturated heterocycles. The van der Waals surface area contributed by atoms with E-state index in [-0.39, 0.29) is 55.4 Å². The number of carbonyl (C=O) groups is 3. The van der Waals surface area contributed by atoms with Crippen LogP contribution in [0.2, 0.25) is 0 Å². The summed E-state index contributed by atoms with van der Waals surface area (Å²) >= 11 is 0. The molecule has 11 heteroatoms. The van der Waals surface area contributed by atoms with Crippen molar-refractivity contribution in [2.45, 2.75) is 50.0 Å². The lowest BCUT2D eigenvalue weighted by molar-refractivity contribution is -0.141. The van der Waals surface area contributed by atoms with Gasteiger partial charge in [0.15, 0.2) is 0 Å². The molecule has 3 aliphatic rings. The molecule has 0 aromatic heterocycles. The fraction of sp³-hybridized carbons (Fsp3) is 0.609. The minimum Gasteiger partial charge on any atom is -0.494 e. The molecule has 1 aromatic carbocycles. The topological polar surface area (TPSA) is 116 Å². The summed E-state index contributed by atoms with van der Waals surface area (Å²) in [6.45, 7) is 4.65. The molecule has 4 rings (SSSR count). The molecule has 1 saturated carbocycles. The van der Waals surface area contributed by atoms with E-state index < -0.39 is 21.6 Å². The van der Waals surface area contributed by atoms with Crippen LogP contribution in [-0.2, 0) is 19.6 Å². The summed E-state index contributed by atoms with van der Waals surface area (Å²) in [6, 6.07) is 5.74. The summed E-state index contributed by atoms with van der Waals surface area (Å²) in [4.78, 5) is 41.3. The molecule has 0 radical (unpaired) electrons. The number of carbonyl (C=O) groups excluding carboxylic acids is 3. The van der Waals surface area contributed by atoms with Crippen molar-refractivity contribution >= 4 is 27.9 Å². The third-order valence-corrected chi connectivity index (χ3v) is 9.07. The Morgan fingerprint density at radius 3 is 2.41 bits per heavy atom. The third-order valence-electron chi connectivity index (χ3n) is 7.16. The Hall–Kier alpha value is -2.66. The second kappa shape index (κ2) is 9.53. The van der Waals surface area contributed by atoms with E-state index in [9.17, 15) is 22.8 Å². The van der Waals surface area contributed by atoms with E-state index in [0.717, 1.165) is 24.2 Å². The van der Waals surface area contributed by atoms with Crippen molar-refractivity contribution in [3.63, 3.8) is 0 Å². The number of nitrogens with zero attached hydrogens (tertiary/aromatic N) is 3. The first-order chi connectivity index (χ1) is 16.2. The van der Waals surface area contributed by atoms with Crippen molar-refractivity contribution in [2.24, 2.45) is 5.92 Å². The summed E-state index contributed by atoms with van der Waals surface area (Å²) in [7, 11) is -3.70. The Kier molecular flexibility index (Phi) is 6.86. The van der Waals surface area contributed by atoms with Gasteiger partial charge in [-0.2, -0.15) is 4.31 Å². The molecule has 1 aromatic rings. The SMILES string of the molecule is CCOc1ccc(S(=O)(=O)N2CCN(C(=O)CN3C(=O)NC4(CCCCC4C)C3=O)CC2)cc1. The maximum Gasteiger partial charge on any atom is 0.325 e. The minimum absolute atomic E-state index is 0.0224. The highest BCUT2D eigenvalue weighted by atomic mass is 32.2. The zero-order valence-electron chi connectivity index (χ0n) is 19.7. The molecular formula is C23H32N4O6S. The zero-order chi connectivity index (χ0) is 24.5. The van der Waals surface area contributed by atoms with E-state index in [1.807, 2.05) is 13.8 Å². The van der Waals surface area contributed by atoms with Crippen LogP contribution in [0.5, 0.6) is 5.75 Å². The Morgan fingerprint density at radius 2 is 1.79 bits per heavy atom. The van der Waals surface area contributed by atoms with Gasteiger partial charge < -0.3 is 15.0 Å². The smallest absolute Gasteiger partial charge is 0.325 e. The fourth-order valence-corrected chi connectivity index (χ4v) is 6.50. The standard InChI is InChI=1S/C23H32N4O6S/c1-3-33-18-7-9-19(10-8-18)34(31,32)26-14-12-25(13-15-26)20(28)16-27-21(29)23(24-22(27)30)11-5-4-6-17(23)2/h7-10,17H,3-6,11-16H2,1-2H3,(H,24,30). The van der Waals surface area contributed by atoms with Crippen molar-refractivity contribution in [3.05, 3.63) is 24.3 Å². The number of piperazine rings is 1. The normalized spacial score (nSPS) is 26.1. The van der Waals surface area contributed by atoms with E-state index >= 15 is 0 Å². The number of hydrogen-bond donors (Lipinski definition) is 1. The maximum absolute atomic E-state index is 13.1. The lowest BCUT2D eigenvalue weighted by atomic mass is 9.73. The van der Waals surface area contributed by atoms with Crippen LogP contribution in [0.1, 0.15) is 39.5 Å². The van der Waals surface area contributed by atoms with Crippen molar-refractivity contribution < 1.29 is 27.5 Å². The van der Waals surface area contributed by atoms with Crippen LogP contribution in [0.15, 0.2) is 29.2 Å². The maximum atomic E-state index is 13.1. The van der Waals surface area contributed by atoms with Crippen LogP contribution in [-0.4, -0.2) is 85.2 Å². The van der Waals surface area contributed by atoms with Crippen LogP contribution in [0.4, 0.5) is 4.79 Å². The van der Waals surface area contributed by atoms with Gasteiger partial charge in [-0.15, -0.1) is 0 Å². The Balaban J connectivity index is 1.35. The van der Waals surface area contributed by atoms with E-state index in [4.69, 9.17) is 4.74 Å². The molecule has 3 fully saturated rings. The molecule has 4 amide bonds. The number of urea groups is 1. The van der Waals surface area contributed by atoms with Crippen molar-refractivity contribution in [1.82, 2.24) is 19.4 Å². The molecule has 2 atom stereocenters. The molecule has 2 aliphatic heterocycles. The number of ether oxygens (including phenoxy) is 1. The number of hydrogen-bond acceptors (Lipinski definition) is 6. The Labute approximate surface area is 200 Å². The molecule has 1 spiro atoms. The summed E-state index contributed by atoms with van der Waals surface area (Å²) in [5.41, 5.74) is -0.903. The molecular weight excluding hydrogens is 460 g/mol. The molecule has 186 valence electrons. The van der Waals surface area contributed by atoms with E-state index in [1.165, 1.54) is 21.3 Å². The zero-order valence-corrected chi connectivity index (χ0v) is 20.5. The van der Waals surface area contributed by atoms with Gasteiger partial charge >= 0.3 is 6.03 Å². The van der Waals surface area contributed by atoms with Crippen LogP contribution in [0.3, 0.4) is 0 Å². The number of sulfonamides is 1. The predicted molar refractivity (Wildman–Crippen MR) is 124 cm³/mol. The Bertz CT molecular complexity index is 1050. The molecule has 34 heavy (non-hydrogen) atoms. The van der Waals surface area contributed by atoms with E-state index in [1.54, 1.807) is 12.1 Å². The lowest BCUT2D eigenvalue weighted by Crippen LogP contribution is -2.55. The highest BCUT2D eigenvalue weighted by Gasteiger charge is 2.55. The molecule has 2 heterocycles. The average molecular weight is 493 g/mol. The number of benzene rings is 1. The van der Waals surface area contributed by atoms with Gasteiger partial charge in [0.05, 0.1) is 11.5 Å². The van der Waals surface area contributed by atoms with Gasteiger partial charge in [-0.3, -0.25) is 14.5 Å². The molecule has 1 aliphatic carbocycles. The second-order valence-corrected chi connectivity index (χ2v) is 11.1. The predicted octanol–water partition coefficient (Wildman–Crippen LogP) is 1.42. The Morgan fingerprint density at radius 1 is 1.12 bits per heavy atom. The van der Waals surface area contributed by atoms with Crippen molar-refractivity contribution in [1.29, 1.82) is 0 Å². The van der Waals surface area contributed by atoms with Gasteiger partial charge in [0, 0.05) is 26.2 Å². The summed E-state index contributed by atoms with van der Waals surface area (Å²) in [5.74, 6) is -0.0622. The van der Waals surface area contributed by atoms with Crippen LogP contribution >= 0.6 is 0 Å². The number of nitrogens with one attached hydrogen (secondary N) is 1. The van der Waals surface area contributed by atoms with Crippen molar-refractivity contribution in [2.75, 3.05) is 39.3 Å².